The molecule has 55 heavy (non-hydrogen) atoms. The average molecular weight is 789 g/mol. The van der Waals surface area contributed by atoms with Crippen molar-refractivity contribution in [3.63, 3.8) is 0 Å². The minimum absolute atomic E-state index is 0. The van der Waals surface area contributed by atoms with Crippen LogP contribution in [0.1, 0.15) is 0 Å². The van der Waals surface area contributed by atoms with E-state index in [1.54, 1.807) is 48.5 Å². The maximum Gasteiger partial charge on any atom is 0.285 e. The predicted octanol–water partition coefficient (Wildman–Crippen LogP) is 6.07. The summed E-state index contributed by atoms with van der Waals surface area (Å²) >= 11 is 0. The molecule has 8 rings (SSSR count). The Morgan fingerprint density at radius 1 is 0.218 bits per heavy atom. The van der Waals surface area contributed by atoms with Crippen molar-refractivity contribution in [2.75, 3.05) is 0 Å². The molecule has 8 aromatic rings. The van der Waals surface area contributed by atoms with Gasteiger partial charge in [0.25, 0.3) is 16.6 Å². The maximum absolute atomic E-state index is 11.6. The zero-order valence-electron chi connectivity index (χ0n) is 30.4. The Bertz CT molecular complexity index is 1830. The van der Waals surface area contributed by atoms with Crippen molar-refractivity contribution in [3.8, 4) is 11.5 Å². The van der Waals surface area contributed by atoms with Crippen molar-refractivity contribution in [2.45, 2.75) is 0 Å². The number of hydrogen-bond donors (Lipinski definition) is 4. The SMILES string of the molecule is O[Si](c1ccccc1)(c1ccccc1)c1ccccc1.O[Si](c1ccccc1)(c1ccccc1)c1ccccc1.Oc1ccccc1.Oc1ccccc1.[Ti]. The predicted molar refractivity (Wildman–Crippen MR) is 229 cm³/mol. The van der Waals surface area contributed by atoms with Gasteiger partial charge in [-0.3, -0.25) is 0 Å². The first-order chi connectivity index (χ1) is 26.4. The molecule has 0 aromatic heterocycles. The Morgan fingerprint density at radius 2 is 0.345 bits per heavy atom. The molecule has 0 radical (unpaired) electrons. The zero-order chi connectivity index (χ0) is 37.9. The summed E-state index contributed by atoms with van der Waals surface area (Å²) in [5.74, 6) is 0.644. The molecule has 0 saturated carbocycles. The Labute approximate surface area is 341 Å². The number of phenolic OH excluding ortho intramolecular Hbond substituents is 2. The van der Waals surface area contributed by atoms with Gasteiger partial charge in [-0.05, 0) is 55.4 Å². The molecule has 4 N–H and O–H groups in total. The third kappa shape index (κ3) is 11.7. The largest absolute Gasteiger partial charge is 0.508 e. The summed E-state index contributed by atoms with van der Waals surface area (Å²) in [4.78, 5) is 23.1. The van der Waals surface area contributed by atoms with Crippen molar-refractivity contribution in [1.82, 2.24) is 0 Å². The average Bonchev–Trinajstić information content (AvgIpc) is 3.26. The van der Waals surface area contributed by atoms with E-state index in [0.29, 0.717) is 11.5 Å². The molecule has 272 valence electrons. The molecule has 8 aromatic carbocycles. The van der Waals surface area contributed by atoms with Gasteiger partial charge in [-0.2, -0.15) is 0 Å². The Kier molecular flexibility index (Phi) is 16.8. The van der Waals surface area contributed by atoms with Crippen molar-refractivity contribution >= 4 is 47.8 Å². The first-order valence-corrected chi connectivity index (χ1v) is 21.6. The molecule has 0 heterocycles. The third-order valence-corrected chi connectivity index (χ3v) is 15.7. The second-order valence-corrected chi connectivity index (χ2v) is 18.6. The summed E-state index contributed by atoms with van der Waals surface area (Å²) in [6.45, 7) is 0. The maximum atomic E-state index is 11.6. The molecule has 4 nitrogen and oxygen atoms in total. The summed E-state index contributed by atoms with van der Waals surface area (Å²) in [6, 6.07) is 77.4. The Morgan fingerprint density at radius 3 is 0.455 bits per heavy atom. The molecule has 0 amide bonds. The number of para-hydroxylation sites is 2. The number of aromatic hydroxyl groups is 2. The monoisotopic (exact) mass is 788 g/mol. The van der Waals surface area contributed by atoms with Gasteiger partial charge >= 0.3 is 0 Å². The molecule has 0 aliphatic heterocycles. The second kappa shape index (κ2) is 22.0. The van der Waals surface area contributed by atoms with E-state index >= 15 is 0 Å². The molecule has 0 unspecified atom stereocenters. The summed E-state index contributed by atoms with van der Waals surface area (Å²) in [5, 5.41) is 23.3. The second-order valence-electron chi connectivity index (χ2n) is 12.3. The zero-order valence-corrected chi connectivity index (χ0v) is 33.9. The normalized spacial score (nSPS) is 10.4. The van der Waals surface area contributed by atoms with Crippen LogP contribution in [-0.2, 0) is 21.7 Å². The fourth-order valence-electron chi connectivity index (χ4n) is 5.93. The van der Waals surface area contributed by atoms with Gasteiger partial charge in [-0.1, -0.05) is 218 Å². The molecule has 0 atom stereocenters. The summed E-state index contributed by atoms with van der Waals surface area (Å²) in [5.41, 5.74) is 0. The van der Waals surface area contributed by atoms with Crippen molar-refractivity contribution in [3.05, 3.63) is 243 Å². The van der Waals surface area contributed by atoms with Crippen LogP contribution in [0.15, 0.2) is 243 Å². The minimum atomic E-state index is -2.88. The van der Waals surface area contributed by atoms with Crippen LogP contribution in [0.3, 0.4) is 0 Å². The van der Waals surface area contributed by atoms with Gasteiger partial charge in [0.15, 0.2) is 0 Å². The van der Waals surface area contributed by atoms with Crippen molar-refractivity contribution in [1.29, 1.82) is 0 Å². The van der Waals surface area contributed by atoms with Crippen molar-refractivity contribution in [2.24, 2.45) is 0 Å². The molecule has 0 aliphatic rings. The van der Waals surface area contributed by atoms with E-state index in [4.69, 9.17) is 10.2 Å². The minimum Gasteiger partial charge on any atom is -0.508 e. The fraction of sp³-hybridized carbons (Fsp3) is 0. The van der Waals surface area contributed by atoms with Gasteiger partial charge in [0, 0.05) is 21.7 Å². The Balaban J connectivity index is 0.000000180. The molecule has 0 saturated heterocycles. The van der Waals surface area contributed by atoms with Gasteiger partial charge < -0.3 is 19.8 Å². The van der Waals surface area contributed by atoms with Crippen molar-refractivity contribution < 1.29 is 41.5 Å². The third-order valence-electron chi connectivity index (χ3n) is 8.66. The number of hydrogen-bond acceptors (Lipinski definition) is 4. The number of rotatable bonds is 6. The Hall–Kier alpha value is -5.57. The van der Waals surface area contributed by atoms with Gasteiger partial charge in [0.1, 0.15) is 11.5 Å². The summed E-state index contributed by atoms with van der Waals surface area (Å²) in [7, 11) is -5.76. The summed E-state index contributed by atoms with van der Waals surface area (Å²) in [6.07, 6.45) is 0. The standard InChI is InChI=1S/2C18H16OSi.2C6H6O.Ti/c2*19-20(16-10-4-1-5-11-16,17-12-6-2-7-13-17)18-14-8-3-9-15-18;2*7-6-4-2-1-3-5-6;/h2*1-15,19H;2*1-5,7H;. The molecule has 7 heteroatoms. The van der Waals surface area contributed by atoms with Gasteiger partial charge in [0.05, 0.1) is 0 Å². The fourth-order valence-corrected chi connectivity index (χ4v) is 12.0. The molecule has 0 spiro atoms. The van der Waals surface area contributed by atoms with Crippen LogP contribution < -0.4 is 31.1 Å². The quantitative estimate of drug-likeness (QED) is 0.122. The first-order valence-electron chi connectivity index (χ1n) is 17.7. The van der Waals surface area contributed by atoms with E-state index in [9.17, 15) is 9.59 Å². The first kappa shape index (κ1) is 42.2. The van der Waals surface area contributed by atoms with E-state index in [2.05, 4.69) is 0 Å². The van der Waals surface area contributed by atoms with E-state index < -0.39 is 16.6 Å². The van der Waals surface area contributed by atoms with E-state index in [-0.39, 0.29) is 21.7 Å². The van der Waals surface area contributed by atoms with Crippen LogP contribution in [0.5, 0.6) is 11.5 Å². The molecule has 0 aliphatic carbocycles. The van der Waals surface area contributed by atoms with Gasteiger partial charge in [0.2, 0.25) is 0 Å². The molecule has 0 bridgehead atoms. The number of phenols is 2. The molecule has 0 fully saturated rings. The van der Waals surface area contributed by atoms with Gasteiger partial charge in [-0.15, -0.1) is 0 Å². The van der Waals surface area contributed by atoms with E-state index in [1.807, 2.05) is 194 Å². The van der Waals surface area contributed by atoms with Crippen LogP contribution >= 0.6 is 0 Å². The molecular formula is C48H44O4Si2Ti. The number of benzene rings is 8. The van der Waals surface area contributed by atoms with Crippen LogP contribution in [0.25, 0.3) is 0 Å². The topological polar surface area (TPSA) is 80.9 Å². The van der Waals surface area contributed by atoms with Crippen LogP contribution in [0.4, 0.5) is 0 Å². The van der Waals surface area contributed by atoms with E-state index in [0.717, 1.165) is 31.1 Å². The van der Waals surface area contributed by atoms with Gasteiger partial charge in [-0.25, -0.2) is 0 Å². The van der Waals surface area contributed by atoms with E-state index in [1.165, 1.54) is 0 Å². The van der Waals surface area contributed by atoms with Crippen LogP contribution in [-0.4, -0.2) is 36.4 Å². The molecular weight excluding hydrogens is 745 g/mol. The summed E-state index contributed by atoms with van der Waals surface area (Å²) < 4.78 is 0. The van der Waals surface area contributed by atoms with Crippen LogP contribution in [0.2, 0.25) is 0 Å². The van der Waals surface area contributed by atoms with Crippen LogP contribution in [0, 0.1) is 0 Å². The smallest absolute Gasteiger partial charge is 0.285 e.